The van der Waals surface area contributed by atoms with Crippen molar-refractivity contribution in [3.05, 3.63) is 52.6 Å². The first kappa shape index (κ1) is 12.7. The number of sulfone groups is 1. The maximum absolute atomic E-state index is 12.6. The van der Waals surface area contributed by atoms with Crippen molar-refractivity contribution in [2.75, 3.05) is 0 Å². The molecule has 0 saturated carbocycles. The van der Waals surface area contributed by atoms with Crippen molar-refractivity contribution in [2.45, 2.75) is 11.8 Å². The van der Waals surface area contributed by atoms with Gasteiger partial charge < -0.3 is 0 Å². The van der Waals surface area contributed by atoms with Gasteiger partial charge in [-0.05, 0) is 25.1 Å². The third-order valence-electron chi connectivity index (χ3n) is 3.09. The van der Waals surface area contributed by atoms with Crippen LogP contribution in [-0.2, 0) is 14.6 Å². The number of aliphatic imine (C=N–C) groups is 2. The molecule has 0 unspecified atom stereocenters. The van der Waals surface area contributed by atoms with Crippen molar-refractivity contribution in [3.8, 4) is 0 Å². The molecule has 0 fully saturated rings. The van der Waals surface area contributed by atoms with E-state index in [0.29, 0.717) is 5.57 Å². The Bertz CT molecular complexity index is 826. The minimum Gasteiger partial charge on any atom is -0.265 e. The van der Waals surface area contributed by atoms with E-state index in [9.17, 15) is 13.2 Å². The van der Waals surface area contributed by atoms with Crippen LogP contribution in [0.2, 0.25) is 0 Å². The number of carbonyl (C=O) groups is 1. The number of rotatable bonds is 2. The van der Waals surface area contributed by atoms with Crippen molar-refractivity contribution >= 4 is 27.7 Å². The summed E-state index contributed by atoms with van der Waals surface area (Å²) < 4.78 is 25.2. The zero-order valence-corrected chi connectivity index (χ0v) is 11.4. The molecule has 0 atom stereocenters. The van der Waals surface area contributed by atoms with Crippen molar-refractivity contribution in [2.24, 2.45) is 9.98 Å². The molecule has 20 heavy (non-hydrogen) atoms. The number of allylic oxidation sites excluding steroid dienone is 2. The maximum Gasteiger partial charge on any atom is 0.296 e. The van der Waals surface area contributed by atoms with Gasteiger partial charge in [0.05, 0.1) is 16.0 Å². The summed E-state index contributed by atoms with van der Waals surface area (Å²) in [6.45, 7) is 1.88. The Kier molecular flexibility index (Phi) is 2.76. The monoisotopic (exact) mass is 286 g/mol. The highest BCUT2D eigenvalue weighted by Crippen LogP contribution is 2.27. The molecule has 2 heterocycles. The van der Waals surface area contributed by atoms with Gasteiger partial charge in [-0.25, -0.2) is 13.4 Å². The molecule has 5 nitrogen and oxygen atoms in total. The molecular formula is C14H10N2O3S. The number of hydrogen-bond acceptors (Lipinski definition) is 4. The second-order valence-electron chi connectivity index (χ2n) is 4.45. The van der Waals surface area contributed by atoms with Gasteiger partial charge in [0, 0.05) is 11.8 Å². The Morgan fingerprint density at radius 2 is 1.80 bits per heavy atom. The molecule has 1 amide bonds. The molecule has 2 aliphatic rings. The van der Waals surface area contributed by atoms with E-state index in [0.717, 1.165) is 11.8 Å². The smallest absolute Gasteiger partial charge is 0.265 e. The second-order valence-corrected chi connectivity index (χ2v) is 6.37. The van der Waals surface area contributed by atoms with Crippen LogP contribution < -0.4 is 0 Å². The second kappa shape index (κ2) is 4.35. The van der Waals surface area contributed by atoms with Crippen LogP contribution in [0.4, 0.5) is 0 Å². The van der Waals surface area contributed by atoms with E-state index in [1.807, 2.05) is 6.92 Å². The summed E-state index contributed by atoms with van der Waals surface area (Å²) >= 11 is 0. The highest BCUT2D eigenvalue weighted by atomic mass is 32.2. The summed E-state index contributed by atoms with van der Waals surface area (Å²) in [5, 5.41) is 0. The first-order chi connectivity index (χ1) is 9.50. The van der Waals surface area contributed by atoms with E-state index in [1.54, 1.807) is 12.1 Å². The standard InChI is InChI=1S/C14H10N2O3S/c1-9-2-4-10(5-3-9)20(18,19)12-8-16-14(17)13-11(12)6-7-15-13/h2-8H,1H3. The van der Waals surface area contributed by atoms with Gasteiger partial charge in [-0.2, -0.15) is 0 Å². The highest BCUT2D eigenvalue weighted by Gasteiger charge is 2.31. The van der Waals surface area contributed by atoms with Crippen LogP contribution in [-0.4, -0.2) is 26.3 Å². The molecule has 1 aromatic rings. The fourth-order valence-electron chi connectivity index (χ4n) is 2.01. The average molecular weight is 286 g/mol. The Hall–Kier alpha value is -2.34. The largest absolute Gasteiger partial charge is 0.296 e. The summed E-state index contributed by atoms with van der Waals surface area (Å²) in [6, 6.07) is 6.53. The third-order valence-corrected chi connectivity index (χ3v) is 4.88. The molecule has 3 rings (SSSR count). The molecule has 2 aliphatic heterocycles. The van der Waals surface area contributed by atoms with E-state index in [4.69, 9.17) is 0 Å². The SMILES string of the molecule is Cc1ccc(S(=O)(=O)C2=C3C=CN=C3C(=O)N=C2)cc1. The Labute approximate surface area is 116 Å². The minimum atomic E-state index is -3.71. The number of amides is 1. The summed E-state index contributed by atoms with van der Waals surface area (Å²) in [5.74, 6) is -0.521. The topological polar surface area (TPSA) is 75.9 Å². The quantitative estimate of drug-likeness (QED) is 0.828. The molecular weight excluding hydrogens is 276 g/mol. The van der Waals surface area contributed by atoms with Gasteiger partial charge in [-0.15, -0.1) is 0 Å². The Morgan fingerprint density at radius 3 is 2.50 bits per heavy atom. The van der Waals surface area contributed by atoms with E-state index in [-0.39, 0.29) is 15.5 Å². The number of hydrogen-bond donors (Lipinski definition) is 0. The number of fused-ring (bicyclic) bond motifs is 1. The number of aryl methyl sites for hydroxylation is 1. The molecule has 0 bridgehead atoms. The summed E-state index contributed by atoms with van der Waals surface area (Å²) in [6.07, 6.45) is 4.02. The van der Waals surface area contributed by atoms with E-state index in [2.05, 4.69) is 9.98 Å². The lowest BCUT2D eigenvalue weighted by Crippen LogP contribution is -2.22. The van der Waals surface area contributed by atoms with E-state index in [1.165, 1.54) is 24.4 Å². The van der Waals surface area contributed by atoms with E-state index < -0.39 is 15.7 Å². The normalized spacial score (nSPS) is 17.4. The van der Waals surface area contributed by atoms with Crippen LogP contribution in [0.3, 0.4) is 0 Å². The Morgan fingerprint density at radius 1 is 1.10 bits per heavy atom. The predicted molar refractivity (Wildman–Crippen MR) is 75.5 cm³/mol. The minimum absolute atomic E-state index is 0.00783. The summed E-state index contributed by atoms with van der Waals surface area (Å²) in [5.41, 5.74) is 1.36. The summed E-state index contributed by atoms with van der Waals surface area (Å²) in [7, 11) is -3.71. The number of carbonyl (C=O) groups excluding carboxylic acids is 1. The van der Waals surface area contributed by atoms with Crippen LogP contribution in [0, 0.1) is 6.92 Å². The first-order valence-corrected chi connectivity index (χ1v) is 7.37. The van der Waals surface area contributed by atoms with Crippen LogP contribution in [0.25, 0.3) is 0 Å². The number of benzene rings is 1. The van der Waals surface area contributed by atoms with Gasteiger partial charge in [0.1, 0.15) is 5.71 Å². The van der Waals surface area contributed by atoms with Crippen LogP contribution in [0.15, 0.2) is 61.9 Å². The zero-order valence-electron chi connectivity index (χ0n) is 10.6. The van der Waals surface area contributed by atoms with Gasteiger partial charge in [-0.3, -0.25) is 9.79 Å². The Balaban J connectivity index is 2.18. The third kappa shape index (κ3) is 1.85. The van der Waals surface area contributed by atoms with Gasteiger partial charge in [0.25, 0.3) is 5.91 Å². The van der Waals surface area contributed by atoms with Crippen LogP contribution in [0.1, 0.15) is 5.56 Å². The van der Waals surface area contributed by atoms with Gasteiger partial charge in [-0.1, -0.05) is 17.7 Å². The molecule has 1 aromatic carbocycles. The summed E-state index contributed by atoms with van der Waals surface area (Å²) in [4.78, 5) is 19.2. The maximum atomic E-state index is 12.6. The molecule has 0 radical (unpaired) electrons. The van der Waals surface area contributed by atoms with E-state index >= 15 is 0 Å². The molecule has 100 valence electrons. The van der Waals surface area contributed by atoms with Crippen molar-refractivity contribution < 1.29 is 13.2 Å². The predicted octanol–water partition coefficient (Wildman–Crippen LogP) is 1.60. The van der Waals surface area contributed by atoms with Crippen LogP contribution in [0.5, 0.6) is 0 Å². The fraction of sp³-hybridized carbons (Fsp3) is 0.0714. The average Bonchev–Trinajstić information content (AvgIpc) is 2.89. The lowest BCUT2D eigenvalue weighted by atomic mass is 10.1. The molecule has 6 heteroatoms. The van der Waals surface area contributed by atoms with Crippen molar-refractivity contribution in [1.82, 2.24) is 0 Å². The van der Waals surface area contributed by atoms with Gasteiger partial charge >= 0.3 is 0 Å². The van der Waals surface area contributed by atoms with Crippen LogP contribution >= 0.6 is 0 Å². The number of nitrogens with zero attached hydrogens (tertiary/aromatic N) is 2. The number of dihydropyridines is 1. The van der Waals surface area contributed by atoms with Gasteiger partial charge in [0.2, 0.25) is 9.84 Å². The molecule has 0 saturated heterocycles. The molecule has 0 N–H and O–H groups in total. The molecule has 0 aliphatic carbocycles. The highest BCUT2D eigenvalue weighted by molar-refractivity contribution is 7.96. The molecule has 0 aromatic heterocycles. The van der Waals surface area contributed by atoms with Crippen molar-refractivity contribution in [1.29, 1.82) is 0 Å². The lowest BCUT2D eigenvalue weighted by Gasteiger charge is -2.12. The van der Waals surface area contributed by atoms with Gasteiger partial charge in [0.15, 0.2) is 0 Å². The van der Waals surface area contributed by atoms with Crippen molar-refractivity contribution in [3.63, 3.8) is 0 Å². The lowest BCUT2D eigenvalue weighted by molar-refractivity contribution is -0.111. The fourth-order valence-corrected chi connectivity index (χ4v) is 3.40. The first-order valence-electron chi connectivity index (χ1n) is 5.89. The molecule has 0 spiro atoms. The zero-order chi connectivity index (χ0) is 14.3.